The Morgan fingerprint density at radius 3 is 2.20 bits per heavy atom. The van der Waals surface area contributed by atoms with Crippen molar-refractivity contribution in [1.29, 1.82) is 0 Å². The number of ketones is 1. The van der Waals surface area contributed by atoms with Gasteiger partial charge in [-0.1, -0.05) is 51.0 Å². The zero-order valence-electron chi connectivity index (χ0n) is 26.7. The molecule has 242 valence electrons. The molecule has 1 aliphatic carbocycles. The van der Waals surface area contributed by atoms with Gasteiger partial charge in [0.15, 0.2) is 11.7 Å². The van der Waals surface area contributed by atoms with Crippen molar-refractivity contribution in [3.05, 3.63) is 48.7 Å². The first-order valence-corrected chi connectivity index (χ1v) is 16.6. The number of carbonyl (C=O) groups is 2. The molecule has 1 saturated carbocycles. The van der Waals surface area contributed by atoms with Gasteiger partial charge < -0.3 is 20.0 Å². The molecule has 2 atom stereocenters. The van der Waals surface area contributed by atoms with E-state index in [1.807, 2.05) is 31.5 Å². The molecule has 10 heteroatoms. The molecule has 2 N–H and O–H groups in total. The summed E-state index contributed by atoms with van der Waals surface area (Å²) in [5, 5.41) is 0. The highest BCUT2D eigenvalue weighted by molar-refractivity contribution is 5.87. The normalized spacial score (nSPS) is 21.2. The van der Waals surface area contributed by atoms with Gasteiger partial charge in [0, 0.05) is 49.5 Å². The van der Waals surface area contributed by atoms with Gasteiger partial charge in [-0.15, -0.1) is 12.4 Å². The number of piperidine rings is 1. The summed E-state index contributed by atoms with van der Waals surface area (Å²) in [4.78, 5) is 43.7. The maximum absolute atomic E-state index is 13.3. The smallest absolute Gasteiger partial charge is 0.225 e. The highest BCUT2D eigenvalue weighted by atomic mass is 35.5. The van der Waals surface area contributed by atoms with Crippen LogP contribution in [0.25, 0.3) is 22.5 Å². The molecule has 1 unspecified atom stereocenters. The van der Waals surface area contributed by atoms with E-state index in [1.165, 1.54) is 6.42 Å². The number of carbonyl (C=O) groups excluding carboxylic acids is 2. The number of Topliss-reactive ketones (excluding diaryl/α,β-unsaturated/α-hetero) is 1. The Bertz CT molecular complexity index is 1450. The van der Waals surface area contributed by atoms with E-state index in [1.54, 1.807) is 6.20 Å². The number of oxazole rings is 1. The van der Waals surface area contributed by atoms with Crippen LogP contribution >= 0.6 is 12.4 Å². The minimum atomic E-state index is -0.639. The number of amides is 1. The fourth-order valence-corrected chi connectivity index (χ4v) is 7.59. The van der Waals surface area contributed by atoms with Crippen molar-refractivity contribution >= 4 is 30.0 Å². The highest BCUT2D eigenvalue weighted by Gasteiger charge is 2.74. The van der Waals surface area contributed by atoms with Crippen molar-refractivity contribution in [3.63, 3.8) is 0 Å². The number of halogens is 1. The molecule has 0 radical (unpaired) electrons. The molecule has 9 nitrogen and oxygen atoms in total. The molecule has 2 aliphatic heterocycles. The second-order valence-corrected chi connectivity index (χ2v) is 13.0. The average molecular weight is 635 g/mol. The number of likely N-dealkylation sites (tertiary alicyclic amines) is 1. The lowest BCUT2D eigenvalue weighted by atomic mass is 9.74. The first-order valence-electron chi connectivity index (χ1n) is 16.6. The predicted octanol–water partition coefficient (Wildman–Crippen LogP) is 6.42. The largest absolute Gasteiger partial charge is 0.440 e. The van der Waals surface area contributed by atoms with E-state index in [0.29, 0.717) is 30.3 Å². The zero-order valence-corrected chi connectivity index (χ0v) is 27.5. The molecule has 2 aromatic heterocycles. The van der Waals surface area contributed by atoms with E-state index in [0.717, 1.165) is 100 Å². The summed E-state index contributed by atoms with van der Waals surface area (Å²) in [5.41, 5.74) is 8.49. The van der Waals surface area contributed by atoms with Gasteiger partial charge in [0.25, 0.3) is 0 Å². The maximum atomic E-state index is 13.3. The van der Waals surface area contributed by atoms with Crippen LogP contribution in [0, 0.1) is 10.8 Å². The number of nitrogens with two attached hydrogens (primary N) is 1. The molecule has 3 fully saturated rings. The average Bonchev–Trinajstić information content (AvgIpc) is 3.40. The molecular weight excluding hydrogens is 588 g/mol. The van der Waals surface area contributed by atoms with Crippen molar-refractivity contribution in [2.24, 2.45) is 16.6 Å². The lowest BCUT2D eigenvalue weighted by Crippen LogP contribution is -2.42. The summed E-state index contributed by atoms with van der Waals surface area (Å²) in [6.07, 6.45) is 14.2. The predicted molar refractivity (Wildman–Crippen MR) is 178 cm³/mol. The molecule has 2 saturated heterocycles. The van der Waals surface area contributed by atoms with Crippen LogP contribution in [0.4, 0.5) is 5.95 Å². The van der Waals surface area contributed by atoms with E-state index in [4.69, 9.17) is 15.1 Å². The van der Waals surface area contributed by atoms with E-state index < -0.39 is 5.41 Å². The van der Waals surface area contributed by atoms with Gasteiger partial charge in [0.2, 0.25) is 11.9 Å². The van der Waals surface area contributed by atoms with Crippen molar-refractivity contribution in [3.8, 4) is 22.5 Å². The van der Waals surface area contributed by atoms with E-state index in [-0.39, 0.29) is 29.6 Å². The molecule has 3 aromatic rings. The number of rotatable bonds is 14. The van der Waals surface area contributed by atoms with Gasteiger partial charge in [0.1, 0.15) is 5.78 Å². The Morgan fingerprint density at radius 1 is 0.911 bits per heavy atom. The Labute approximate surface area is 272 Å². The van der Waals surface area contributed by atoms with Gasteiger partial charge in [-0.2, -0.15) is 0 Å². The van der Waals surface area contributed by atoms with E-state index in [9.17, 15) is 9.59 Å². The van der Waals surface area contributed by atoms with Crippen LogP contribution in [0.3, 0.4) is 0 Å². The number of anilines is 1. The number of hydrogen-bond donors (Lipinski definition) is 1. The molecule has 3 aliphatic rings. The van der Waals surface area contributed by atoms with Gasteiger partial charge in [0.05, 0.1) is 17.5 Å². The second kappa shape index (κ2) is 14.0. The number of primary amides is 1. The van der Waals surface area contributed by atoms with Crippen LogP contribution in [-0.2, 0) is 9.59 Å². The third-order valence-electron chi connectivity index (χ3n) is 10.7. The van der Waals surface area contributed by atoms with E-state index in [2.05, 4.69) is 38.8 Å². The van der Waals surface area contributed by atoms with Gasteiger partial charge >= 0.3 is 0 Å². The minimum Gasteiger partial charge on any atom is -0.440 e. The Morgan fingerprint density at radius 2 is 1.60 bits per heavy atom. The van der Waals surface area contributed by atoms with E-state index >= 15 is 0 Å². The second-order valence-electron chi connectivity index (χ2n) is 13.0. The van der Waals surface area contributed by atoms with Crippen LogP contribution in [0.2, 0.25) is 0 Å². The van der Waals surface area contributed by atoms with Gasteiger partial charge in [-0.25, -0.2) is 15.0 Å². The van der Waals surface area contributed by atoms with Gasteiger partial charge in [-0.3, -0.25) is 9.59 Å². The number of aromatic nitrogens is 3. The molecule has 1 aromatic carbocycles. The summed E-state index contributed by atoms with van der Waals surface area (Å²) in [6, 6.07) is 8.17. The van der Waals surface area contributed by atoms with Crippen molar-refractivity contribution in [1.82, 2.24) is 19.9 Å². The lowest BCUT2D eigenvalue weighted by Gasteiger charge is -2.36. The Kier molecular flexibility index (Phi) is 10.3. The van der Waals surface area contributed by atoms with Crippen molar-refractivity contribution in [2.45, 2.75) is 84.0 Å². The third kappa shape index (κ3) is 6.52. The fraction of sp³-hybridized carbons (Fsp3) is 0.571. The summed E-state index contributed by atoms with van der Waals surface area (Å²) in [6.45, 7) is 9.16. The molecule has 1 spiro atoms. The quantitative estimate of drug-likeness (QED) is 0.202. The van der Waals surface area contributed by atoms with Crippen LogP contribution in [-0.4, -0.2) is 64.3 Å². The molecule has 4 heterocycles. The van der Waals surface area contributed by atoms with Crippen LogP contribution in [0.5, 0.6) is 0 Å². The SMILES string of the molecule is CCC(=O)CCCCC[C@H](c1ncc(-c2ccc(-c3cnc(N4CCC4)nc3)cc2)o1)C1(C(N)=O)CC12CCN(CC)CC2.Cl. The molecule has 45 heavy (non-hydrogen) atoms. The Balaban J connectivity index is 0.00000400. The topological polar surface area (TPSA) is 118 Å². The lowest BCUT2D eigenvalue weighted by molar-refractivity contribution is -0.126. The zero-order chi connectivity index (χ0) is 30.7. The van der Waals surface area contributed by atoms with Crippen molar-refractivity contribution < 1.29 is 14.0 Å². The molecular formula is C35H47ClN6O3. The minimum absolute atomic E-state index is 0. The molecule has 1 amide bonds. The number of nitrogens with zero attached hydrogens (tertiary/aromatic N) is 5. The fourth-order valence-electron chi connectivity index (χ4n) is 7.59. The number of unbranched alkanes of at least 4 members (excludes halogenated alkanes) is 2. The summed E-state index contributed by atoms with van der Waals surface area (Å²) >= 11 is 0. The first-order chi connectivity index (χ1) is 21.4. The van der Waals surface area contributed by atoms with Gasteiger partial charge in [-0.05, 0) is 69.1 Å². The maximum Gasteiger partial charge on any atom is 0.225 e. The first kappa shape index (κ1) is 33.1. The number of benzene rings is 1. The molecule has 6 rings (SSSR count). The van der Waals surface area contributed by atoms with Crippen molar-refractivity contribution in [2.75, 3.05) is 37.6 Å². The van der Waals surface area contributed by atoms with Crippen LogP contribution in [0.15, 0.2) is 47.3 Å². The third-order valence-corrected chi connectivity index (χ3v) is 10.7. The van der Waals surface area contributed by atoms with Crippen LogP contribution < -0.4 is 10.6 Å². The summed E-state index contributed by atoms with van der Waals surface area (Å²) < 4.78 is 6.49. The Hall–Kier alpha value is -3.30. The monoisotopic (exact) mass is 634 g/mol. The highest BCUT2D eigenvalue weighted by Crippen LogP contribution is 2.75. The summed E-state index contributed by atoms with van der Waals surface area (Å²) in [5.74, 6) is 1.99. The standard InChI is InChI=1S/C35H46N6O3.ClH/c1-3-28(42)9-6-5-7-10-29(35(32(36)43)24-34(35)15-19-40(4-2)20-16-34)31-37-23-30(44-31)26-13-11-25(12-14-26)27-21-38-33(39-22-27)41-17-8-18-41;/h11-14,21-23,29H,3-10,15-20,24H2,1-2H3,(H2,36,43);1H/t29-,35?;/m1./s1. The van der Waals surface area contributed by atoms with Crippen LogP contribution in [0.1, 0.15) is 89.9 Å². The summed E-state index contributed by atoms with van der Waals surface area (Å²) in [7, 11) is 0. The molecule has 0 bridgehead atoms. The number of hydrogen-bond acceptors (Lipinski definition) is 8.